The average molecular weight is 267 g/mol. The van der Waals surface area contributed by atoms with Crippen molar-refractivity contribution < 1.29 is 19.4 Å². The molecule has 5 heteroatoms. The number of methoxy groups -OCH3 is 1. The Morgan fingerprint density at radius 1 is 1.37 bits per heavy atom. The van der Waals surface area contributed by atoms with Crippen LogP contribution in [0.3, 0.4) is 0 Å². The first-order valence-electron chi connectivity index (χ1n) is 6.08. The summed E-state index contributed by atoms with van der Waals surface area (Å²) < 4.78 is 10.8. The van der Waals surface area contributed by atoms with Gasteiger partial charge in [0.2, 0.25) is 0 Å². The van der Waals surface area contributed by atoms with Gasteiger partial charge in [0.1, 0.15) is 6.61 Å². The molecule has 1 aromatic rings. The molecule has 0 saturated heterocycles. The molecular weight excluding hydrogens is 246 g/mol. The normalized spacial score (nSPS) is 11.2. The summed E-state index contributed by atoms with van der Waals surface area (Å²) in [4.78, 5) is 11.0. The number of ether oxygens (including phenoxy) is 2. The maximum atomic E-state index is 11.0. The fourth-order valence-electron chi connectivity index (χ4n) is 1.47. The molecule has 0 aliphatic rings. The second kappa shape index (κ2) is 6.43. The zero-order chi connectivity index (χ0) is 14.5. The number of benzene rings is 1. The number of carboxylic acids is 1. The Kier molecular flexibility index (Phi) is 5.18. The molecule has 0 amide bonds. The smallest absolute Gasteiger partial charge is 0.312 e. The largest absolute Gasteiger partial charge is 0.493 e. The van der Waals surface area contributed by atoms with E-state index in [-0.39, 0.29) is 6.61 Å². The molecule has 0 bridgehead atoms. The standard InChI is InChI=1S/C14H21NO4/c1-14(2,13(16)17)9-19-11-6-5-10(8-15-3)7-12(11)18-4/h5-7,15H,8-9H2,1-4H3,(H,16,17). The second-order valence-corrected chi connectivity index (χ2v) is 4.99. The number of carbonyl (C=O) groups is 1. The summed E-state index contributed by atoms with van der Waals surface area (Å²) >= 11 is 0. The number of rotatable bonds is 7. The maximum absolute atomic E-state index is 11.0. The lowest BCUT2D eigenvalue weighted by Crippen LogP contribution is -2.30. The van der Waals surface area contributed by atoms with Gasteiger partial charge in [0.05, 0.1) is 12.5 Å². The highest BCUT2D eigenvalue weighted by atomic mass is 16.5. The van der Waals surface area contributed by atoms with Crippen LogP contribution in [0.2, 0.25) is 0 Å². The molecule has 1 rings (SSSR count). The van der Waals surface area contributed by atoms with Gasteiger partial charge in [-0.15, -0.1) is 0 Å². The van der Waals surface area contributed by atoms with Crippen LogP contribution in [-0.4, -0.2) is 31.8 Å². The number of hydrogen-bond acceptors (Lipinski definition) is 4. The highest BCUT2D eigenvalue weighted by Gasteiger charge is 2.28. The van der Waals surface area contributed by atoms with Crippen molar-refractivity contribution in [1.29, 1.82) is 0 Å². The lowest BCUT2D eigenvalue weighted by molar-refractivity contribution is -0.148. The monoisotopic (exact) mass is 267 g/mol. The van der Waals surface area contributed by atoms with Gasteiger partial charge >= 0.3 is 5.97 Å². The first kappa shape index (κ1) is 15.3. The predicted octanol–water partition coefficient (Wildman–Crippen LogP) is 1.90. The highest BCUT2D eigenvalue weighted by molar-refractivity contribution is 5.73. The summed E-state index contributed by atoms with van der Waals surface area (Å²) in [5, 5.41) is 12.1. The number of aliphatic carboxylic acids is 1. The summed E-state index contributed by atoms with van der Waals surface area (Å²) in [5.41, 5.74) is 0.137. The highest BCUT2D eigenvalue weighted by Crippen LogP contribution is 2.29. The zero-order valence-electron chi connectivity index (χ0n) is 11.8. The fraction of sp³-hybridized carbons (Fsp3) is 0.500. The van der Waals surface area contributed by atoms with Gasteiger partial charge in [-0.1, -0.05) is 6.07 Å². The average Bonchev–Trinajstić information content (AvgIpc) is 2.37. The Balaban J connectivity index is 2.81. The van der Waals surface area contributed by atoms with Gasteiger partial charge in [0.15, 0.2) is 11.5 Å². The van der Waals surface area contributed by atoms with E-state index in [1.54, 1.807) is 27.0 Å². The number of carboxylic acid groups (broad SMARTS) is 1. The van der Waals surface area contributed by atoms with Crippen molar-refractivity contribution in [3.8, 4) is 11.5 Å². The van der Waals surface area contributed by atoms with E-state index in [4.69, 9.17) is 14.6 Å². The molecule has 19 heavy (non-hydrogen) atoms. The molecule has 0 unspecified atom stereocenters. The fourth-order valence-corrected chi connectivity index (χ4v) is 1.47. The van der Waals surface area contributed by atoms with Crippen LogP contribution in [0, 0.1) is 5.41 Å². The van der Waals surface area contributed by atoms with Gasteiger partial charge < -0.3 is 19.9 Å². The van der Waals surface area contributed by atoms with Crippen molar-refractivity contribution in [2.24, 2.45) is 5.41 Å². The molecule has 5 nitrogen and oxygen atoms in total. The van der Waals surface area contributed by atoms with Gasteiger partial charge in [0.25, 0.3) is 0 Å². The minimum Gasteiger partial charge on any atom is -0.493 e. The molecule has 0 saturated carbocycles. The third-order valence-electron chi connectivity index (χ3n) is 2.78. The van der Waals surface area contributed by atoms with Gasteiger partial charge in [-0.05, 0) is 38.6 Å². The molecule has 106 valence electrons. The minimum absolute atomic E-state index is 0.0874. The van der Waals surface area contributed by atoms with Crippen LogP contribution >= 0.6 is 0 Å². The van der Waals surface area contributed by atoms with E-state index >= 15 is 0 Å². The molecular formula is C14H21NO4. The van der Waals surface area contributed by atoms with Crippen LogP contribution in [0.15, 0.2) is 18.2 Å². The molecule has 0 atom stereocenters. The SMILES string of the molecule is CNCc1ccc(OCC(C)(C)C(=O)O)c(OC)c1. The first-order valence-corrected chi connectivity index (χ1v) is 6.08. The minimum atomic E-state index is -0.936. The number of hydrogen-bond donors (Lipinski definition) is 2. The quantitative estimate of drug-likeness (QED) is 0.789. The Morgan fingerprint density at radius 2 is 2.05 bits per heavy atom. The van der Waals surface area contributed by atoms with E-state index in [1.165, 1.54) is 0 Å². The van der Waals surface area contributed by atoms with Crippen LogP contribution in [0.4, 0.5) is 0 Å². The third kappa shape index (κ3) is 4.13. The van der Waals surface area contributed by atoms with E-state index in [1.807, 2.05) is 19.2 Å². The maximum Gasteiger partial charge on any atom is 0.312 e. The third-order valence-corrected chi connectivity index (χ3v) is 2.78. The summed E-state index contributed by atoms with van der Waals surface area (Å²) in [5.74, 6) is 0.267. The Morgan fingerprint density at radius 3 is 2.58 bits per heavy atom. The lowest BCUT2D eigenvalue weighted by Gasteiger charge is -2.20. The van der Waals surface area contributed by atoms with Crippen molar-refractivity contribution in [1.82, 2.24) is 5.32 Å². The van der Waals surface area contributed by atoms with E-state index in [0.717, 1.165) is 12.1 Å². The van der Waals surface area contributed by atoms with E-state index in [0.29, 0.717) is 11.5 Å². The molecule has 0 aromatic heterocycles. The Hall–Kier alpha value is -1.75. The van der Waals surface area contributed by atoms with Crippen molar-refractivity contribution in [2.75, 3.05) is 20.8 Å². The van der Waals surface area contributed by atoms with Crippen LogP contribution in [-0.2, 0) is 11.3 Å². The zero-order valence-corrected chi connectivity index (χ0v) is 11.8. The summed E-state index contributed by atoms with van der Waals surface area (Å²) in [6.07, 6.45) is 0. The Bertz CT molecular complexity index is 443. The number of nitrogens with one attached hydrogen (secondary N) is 1. The van der Waals surface area contributed by atoms with Gasteiger partial charge in [0, 0.05) is 6.54 Å². The van der Waals surface area contributed by atoms with E-state index < -0.39 is 11.4 Å². The van der Waals surface area contributed by atoms with Crippen LogP contribution in [0.5, 0.6) is 11.5 Å². The van der Waals surface area contributed by atoms with Crippen LogP contribution in [0.1, 0.15) is 19.4 Å². The first-order chi connectivity index (χ1) is 8.90. The molecule has 0 radical (unpaired) electrons. The van der Waals surface area contributed by atoms with E-state index in [2.05, 4.69) is 5.32 Å². The molecule has 1 aromatic carbocycles. The summed E-state index contributed by atoms with van der Waals surface area (Å²) in [6.45, 7) is 4.07. The predicted molar refractivity (Wildman–Crippen MR) is 72.7 cm³/mol. The van der Waals surface area contributed by atoms with E-state index in [9.17, 15) is 4.79 Å². The lowest BCUT2D eigenvalue weighted by atomic mass is 9.95. The van der Waals surface area contributed by atoms with Gasteiger partial charge in [-0.3, -0.25) is 4.79 Å². The molecule has 0 fully saturated rings. The topological polar surface area (TPSA) is 67.8 Å². The van der Waals surface area contributed by atoms with Crippen molar-refractivity contribution >= 4 is 5.97 Å². The van der Waals surface area contributed by atoms with Crippen molar-refractivity contribution in [3.63, 3.8) is 0 Å². The van der Waals surface area contributed by atoms with Crippen LogP contribution < -0.4 is 14.8 Å². The molecule has 0 spiro atoms. The van der Waals surface area contributed by atoms with Gasteiger partial charge in [-0.2, -0.15) is 0 Å². The molecule has 0 aliphatic carbocycles. The summed E-state index contributed by atoms with van der Waals surface area (Å²) in [7, 11) is 3.43. The van der Waals surface area contributed by atoms with Crippen molar-refractivity contribution in [2.45, 2.75) is 20.4 Å². The summed E-state index contributed by atoms with van der Waals surface area (Å²) in [6, 6.07) is 5.59. The second-order valence-electron chi connectivity index (χ2n) is 4.99. The molecule has 0 heterocycles. The molecule has 2 N–H and O–H groups in total. The van der Waals surface area contributed by atoms with Gasteiger partial charge in [-0.25, -0.2) is 0 Å². The van der Waals surface area contributed by atoms with Crippen molar-refractivity contribution in [3.05, 3.63) is 23.8 Å². The molecule has 0 aliphatic heterocycles. The van der Waals surface area contributed by atoms with Crippen LogP contribution in [0.25, 0.3) is 0 Å². The Labute approximate surface area is 113 Å².